The maximum atomic E-state index is 13.5. The van der Waals surface area contributed by atoms with E-state index in [1.54, 1.807) is 0 Å². The number of rotatable bonds is 7. The number of alkyl halides is 3. The number of hydrogen-bond acceptors (Lipinski definition) is 6. The minimum atomic E-state index is -5.02. The Morgan fingerprint density at radius 3 is 2.20 bits per heavy atom. The van der Waals surface area contributed by atoms with Crippen LogP contribution >= 0.6 is 0 Å². The van der Waals surface area contributed by atoms with Crippen LogP contribution in [0.4, 0.5) is 13.2 Å². The lowest BCUT2D eigenvalue weighted by Crippen LogP contribution is -2.58. The van der Waals surface area contributed by atoms with E-state index in [1.807, 2.05) is 18.2 Å². The second kappa shape index (κ2) is 11.0. The van der Waals surface area contributed by atoms with E-state index in [-0.39, 0.29) is 48.3 Å². The van der Waals surface area contributed by atoms with E-state index in [0.29, 0.717) is 23.3 Å². The number of likely N-dealkylation sites (tertiary alicyclic amines) is 1. The number of carbonyl (C=O) groups excluding carboxylic acids is 2. The zero-order valence-corrected chi connectivity index (χ0v) is 23.5. The molecule has 8 nitrogen and oxygen atoms in total. The highest BCUT2D eigenvalue weighted by Gasteiger charge is 2.52. The van der Waals surface area contributed by atoms with Crippen molar-refractivity contribution in [2.75, 3.05) is 19.6 Å². The fourth-order valence-corrected chi connectivity index (χ4v) is 7.85. The molecule has 2 aliphatic heterocycles. The van der Waals surface area contributed by atoms with E-state index in [0.717, 1.165) is 37.9 Å². The smallest absolute Gasteiger partial charge is 0.367 e. The number of hydrogen-bond donors (Lipinski definition) is 1. The number of primary amides is 1. The molecular weight excluding hydrogens is 559 g/mol. The molecule has 0 atom stereocenters. The van der Waals surface area contributed by atoms with Gasteiger partial charge in [0.2, 0.25) is 0 Å². The third kappa shape index (κ3) is 6.00. The van der Waals surface area contributed by atoms with E-state index < -0.39 is 33.7 Å². The molecule has 0 spiro atoms. The molecule has 3 aliphatic rings. The number of benzene rings is 2. The monoisotopic (exact) mass is 593 g/mol. The first-order chi connectivity index (χ1) is 19.3. The van der Waals surface area contributed by atoms with Crippen molar-refractivity contribution in [3.05, 3.63) is 65.2 Å². The topological polar surface area (TPSA) is 110 Å². The van der Waals surface area contributed by atoms with E-state index in [4.69, 9.17) is 9.92 Å². The number of fused-ring (bicyclic) bond motifs is 1. The van der Waals surface area contributed by atoms with Gasteiger partial charge in [0.25, 0.3) is 16.0 Å². The van der Waals surface area contributed by atoms with Crippen LogP contribution in [-0.4, -0.2) is 67.0 Å². The minimum Gasteiger partial charge on any atom is -0.367 e. The van der Waals surface area contributed by atoms with Crippen molar-refractivity contribution in [1.29, 1.82) is 0 Å². The van der Waals surface area contributed by atoms with Gasteiger partial charge in [-0.3, -0.25) is 14.5 Å². The van der Waals surface area contributed by atoms with Crippen molar-refractivity contribution in [3.8, 4) is 0 Å². The molecule has 2 amide bonds. The van der Waals surface area contributed by atoms with Gasteiger partial charge in [0.05, 0.1) is 4.90 Å². The van der Waals surface area contributed by atoms with Crippen LogP contribution in [0.5, 0.6) is 0 Å². The van der Waals surface area contributed by atoms with Gasteiger partial charge < -0.3 is 10.6 Å². The maximum Gasteiger partial charge on any atom is 0.471 e. The number of amides is 2. The van der Waals surface area contributed by atoms with E-state index in [9.17, 15) is 31.2 Å². The Hall–Kier alpha value is -2.96. The lowest BCUT2D eigenvalue weighted by Gasteiger charge is -2.49. The third-order valence-corrected chi connectivity index (χ3v) is 10.2. The first-order valence-electron chi connectivity index (χ1n) is 13.9. The zero-order chi connectivity index (χ0) is 29.5. The third-order valence-electron chi connectivity index (χ3n) is 8.87. The SMILES string of the molecule is NC(=O)C1(OS(=O)(=O)c2ccc3c(c2)CN(C(=O)C(F)(F)F)CC3)CCC(Cc2ccccc2)(N2CCCC2)CC1. The van der Waals surface area contributed by atoms with Crippen molar-refractivity contribution < 1.29 is 35.4 Å². The first kappa shape index (κ1) is 29.5. The molecule has 2 heterocycles. The summed E-state index contributed by atoms with van der Waals surface area (Å²) in [5.74, 6) is -2.84. The normalized spacial score (nSPS) is 25.6. The predicted molar refractivity (Wildman–Crippen MR) is 144 cm³/mol. The summed E-state index contributed by atoms with van der Waals surface area (Å²) in [5.41, 5.74) is 5.88. The van der Waals surface area contributed by atoms with Crippen LogP contribution in [0.2, 0.25) is 0 Å². The fraction of sp³-hybridized carbons (Fsp3) is 0.517. The average Bonchev–Trinajstić information content (AvgIpc) is 3.49. The van der Waals surface area contributed by atoms with Crippen molar-refractivity contribution in [2.24, 2.45) is 5.73 Å². The zero-order valence-electron chi connectivity index (χ0n) is 22.7. The van der Waals surface area contributed by atoms with Crippen molar-refractivity contribution in [1.82, 2.24) is 9.80 Å². The van der Waals surface area contributed by atoms with Gasteiger partial charge in [-0.05, 0) is 93.3 Å². The highest BCUT2D eigenvalue weighted by molar-refractivity contribution is 7.86. The fourth-order valence-electron chi connectivity index (χ4n) is 6.56. The van der Waals surface area contributed by atoms with E-state index in [1.165, 1.54) is 18.2 Å². The average molecular weight is 594 g/mol. The van der Waals surface area contributed by atoms with Gasteiger partial charge in [-0.2, -0.15) is 21.6 Å². The van der Waals surface area contributed by atoms with Gasteiger partial charge >= 0.3 is 12.1 Å². The van der Waals surface area contributed by atoms with Gasteiger partial charge in [0.1, 0.15) is 0 Å². The second-order valence-electron chi connectivity index (χ2n) is 11.4. The Kier molecular flexibility index (Phi) is 7.95. The summed E-state index contributed by atoms with van der Waals surface area (Å²) in [4.78, 5) is 27.3. The van der Waals surface area contributed by atoms with Crippen LogP contribution in [0.25, 0.3) is 0 Å². The minimum absolute atomic E-state index is 0.115. The van der Waals surface area contributed by atoms with E-state index in [2.05, 4.69) is 17.0 Å². The number of halogens is 3. The largest absolute Gasteiger partial charge is 0.471 e. The van der Waals surface area contributed by atoms with Crippen molar-refractivity contribution >= 4 is 21.9 Å². The first-order valence-corrected chi connectivity index (χ1v) is 15.3. The Balaban J connectivity index is 1.37. The molecule has 222 valence electrons. The van der Waals surface area contributed by atoms with Crippen LogP contribution in [0.15, 0.2) is 53.4 Å². The summed E-state index contributed by atoms with van der Waals surface area (Å²) in [5, 5.41) is 0. The van der Waals surface area contributed by atoms with Crippen LogP contribution in [0, 0.1) is 0 Å². The van der Waals surface area contributed by atoms with Gasteiger partial charge in [-0.1, -0.05) is 36.4 Å². The molecule has 12 heteroatoms. The van der Waals surface area contributed by atoms with Crippen LogP contribution in [-0.2, 0) is 43.3 Å². The van der Waals surface area contributed by atoms with Gasteiger partial charge in [0, 0.05) is 18.6 Å². The Bertz CT molecular complexity index is 1400. The summed E-state index contributed by atoms with van der Waals surface area (Å²) in [6, 6.07) is 14.1. The molecule has 5 rings (SSSR count). The Labute approximate surface area is 237 Å². The van der Waals surface area contributed by atoms with Gasteiger partial charge in [0.15, 0.2) is 5.60 Å². The second-order valence-corrected chi connectivity index (χ2v) is 12.9. The summed E-state index contributed by atoms with van der Waals surface area (Å²) in [6.45, 7) is 1.35. The highest BCUT2D eigenvalue weighted by Crippen LogP contribution is 2.45. The molecule has 1 aliphatic carbocycles. The highest BCUT2D eigenvalue weighted by atomic mass is 32.2. The van der Waals surface area contributed by atoms with Gasteiger partial charge in [-0.25, -0.2) is 4.18 Å². The lowest BCUT2D eigenvalue weighted by atomic mass is 9.70. The molecule has 2 aromatic rings. The molecule has 2 aromatic carbocycles. The van der Waals surface area contributed by atoms with Gasteiger partial charge in [-0.15, -0.1) is 0 Å². The molecule has 0 aromatic heterocycles. The van der Waals surface area contributed by atoms with Crippen molar-refractivity contribution in [2.45, 2.75) is 80.1 Å². The Morgan fingerprint density at radius 2 is 1.59 bits per heavy atom. The van der Waals surface area contributed by atoms with Crippen LogP contribution < -0.4 is 5.73 Å². The number of nitrogens with two attached hydrogens (primary N) is 1. The predicted octanol–water partition coefficient (Wildman–Crippen LogP) is 3.71. The maximum absolute atomic E-state index is 13.5. The molecule has 0 radical (unpaired) electrons. The molecule has 1 saturated carbocycles. The summed E-state index contributed by atoms with van der Waals surface area (Å²) in [6.07, 6.45) is -0.703. The Morgan fingerprint density at radius 1 is 0.927 bits per heavy atom. The molecule has 2 N–H and O–H groups in total. The number of carbonyl (C=O) groups is 2. The molecule has 0 unspecified atom stereocenters. The molecule has 41 heavy (non-hydrogen) atoms. The van der Waals surface area contributed by atoms with E-state index >= 15 is 0 Å². The van der Waals surface area contributed by atoms with Crippen LogP contribution in [0.3, 0.4) is 0 Å². The quantitative estimate of drug-likeness (QED) is 0.491. The summed E-state index contributed by atoms with van der Waals surface area (Å²) < 4.78 is 71.5. The molecule has 1 saturated heterocycles. The molecule has 2 fully saturated rings. The summed E-state index contributed by atoms with van der Waals surface area (Å²) in [7, 11) is -4.52. The lowest BCUT2D eigenvalue weighted by molar-refractivity contribution is -0.186. The standard InChI is InChI=1S/C29H34F3N3O5S/c30-29(31,32)26(37)34-17-10-22-8-9-24(18-23(22)20-34)41(38,39)40-28(25(33)36)13-11-27(12-14-28,35-15-4-5-16-35)19-21-6-2-1-3-7-21/h1-3,6-9,18H,4-5,10-17,19-20H2,(H2,33,36). The number of nitrogens with zero attached hydrogens (tertiary/aromatic N) is 2. The van der Waals surface area contributed by atoms with Crippen LogP contribution in [0.1, 0.15) is 55.2 Å². The van der Waals surface area contributed by atoms with Crippen molar-refractivity contribution in [3.63, 3.8) is 0 Å². The molecular formula is C29H34F3N3O5S. The molecule has 0 bridgehead atoms. The summed E-state index contributed by atoms with van der Waals surface area (Å²) >= 11 is 0.